The Morgan fingerprint density at radius 3 is 2.32 bits per heavy atom. The molecule has 0 unspecified atom stereocenters. The molecule has 190 valence electrons. The summed E-state index contributed by atoms with van der Waals surface area (Å²) in [6.07, 6.45) is 1.71. The Labute approximate surface area is 211 Å². The highest BCUT2D eigenvalue weighted by Gasteiger charge is 2.12. The highest BCUT2D eigenvalue weighted by Crippen LogP contribution is 2.26. The molecule has 1 heterocycles. The molecule has 0 bridgehead atoms. The third kappa shape index (κ3) is 7.65. The Morgan fingerprint density at radius 2 is 1.65 bits per heavy atom. The first-order valence-corrected chi connectivity index (χ1v) is 11.0. The number of nitrogens with one attached hydrogen (secondary N) is 1. The van der Waals surface area contributed by atoms with Crippen molar-refractivity contribution in [1.29, 1.82) is 0 Å². The van der Waals surface area contributed by atoms with E-state index in [0.717, 1.165) is 28.1 Å². The van der Waals surface area contributed by atoms with Crippen LogP contribution >= 0.6 is 0 Å². The molecular formula is C26H24N4O7. The number of hydrogen-bond acceptors (Lipinski definition) is 7. The van der Waals surface area contributed by atoms with Crippen LogP contribution in [0.5, 0.6) is 5.75 Å². The Hall–Kier alpha value is -5.19. The van der Waals surface area contributed by atoms with Crippen LogP contribution in [0.25, 0.3) is 11.3 Å². The number of nitro groups is 1. The lowest BCUT2D eigenvalue weighted by molar-refractivity contribution is -0.384. The Kier molecular flexibility index (Phi) is 8.92. The van der Waals surface area contributed by atoms with Gasteiger partial charge in [0.1, 0.15) is 12.4 Å². The number of aliphatic carboxylic acids is 2. The molecule has 0 aliphatic rings. The zero-order chi connectivity index (χ0) is 26.8. The Morgan fingerprint density at radius 1 is 0.973 bits per heavy atom. The minimum Gasteiger partial charge on any atom is -0.489 e. The molecule has 11 nitrogen and oxygen atoms in total. The van der Waals surface area contributed by atoms with Gasteiger partial charge in [-0.2, -0.15) is 0 Å². The Bertz CT molecular complexity index is 1370. The van der Waals surface area contributed by atoms with E-state index in [1.165, 1.54) is 6.07 Å². The highest BCUT2D eigenvalue weighted by atomic mass is 16.6. The lowest BCUT2D eigenvalue weighted by Crippen LogP contribution is -2.09. The summed E-state index contributed by atoms with van der Waals surface area (Å²) in [5.41, 5.74) is 3.78. The van der Waals surface area contributed by atoms with E-state index in [2.05, 4.69) is 10.3 Å². The summed E-state index contributed by atoms with van der Waals surface area (Å²) in [6, 6.07) is 24.5. The van der Waals surface area contributed by atoms with Gasteiger partial charge >= 0.3 is 11.9 Å². The molecule has 11 heteroatoms. The van der Waals surface area contributed by atoms with Crippen LogP contribution in [0.3, 0.4) is 0 Å². The molecule has 3 N–H and O–H groups in total. The number of nitro benzene ring substituents is 1. The van der Waals surface area contributed by atoms with Gasteiger partial charge in [0.15, 0.2) is 0 Å². The van der Waals surface area contributed by atoms with Gasteiger partial charge in [0.05, 0.1) is 16.8 Å². The van der Waals surface area contributed by atoms with E-state index in [1.54, 1.807) is 18.3 Å². The summed E-state index contributed by atoms with van der Waals surface area (Å²) < 4.78 is 7.78. The van der Waals surface area contributed by atoms with Gasteiger partial charge in [0.25, 0.3) is 5.69 Å². The van der Waals surface area contributed by atoms with Crippen LogP contribution in [-0.2, 0) is 29.8 Å². The second kappa shape index (κ2) is 12.5. The summed E-state index contributed by atoms with van der Waals surface area (Å²) in [4.78, 5) is 33.3. The fourth-order valence-corrected chi connectivity index (χ4v) is 3.29. The van der Waals surface area contributed by atoms with Crippen molar-refractivity contribution in [2.24, 2.45) is 7.05 Å². The fourth-order valence-electron chi connectivity index (χ4n) is 3.29. The van der Waals surface area contributed by atoms with E-state index >= 15 is 0 Å². The minimum absolute atomic E-state index is 0.0560. The van der Waals surface area contributed by atoms with Crippen LogP contribution < -0.4 is 10.1 Å². The van der Waals surface area contributed by atoms with Crippen molar-refractivity contribution in [2.75, 3.05) is 5.32 Å². The molecule has 0 atom stereocenters. The predicted molar refractivity (Wildman–Crippen MR) is 135 cm³/mol. The number of benzene rings is 3. The number of ether oxygens (including phenoxy) is 1. The normalized spacial score (nSPS) is 10.1. The average Bonchev–Trinajstić information content (AvgIpc) is 3.27. The monoisotopic (exact) mass is 504 g/mol. The third-order valence-corrected chi connectivity index (χ3v) is 5.12. The lowest BCUT2D eigenvalue weighted by Gasteiger charge is -2.10. The number of carboxylic acid groups (broad SMARTS) is 2. The molecule has 0 aliphatic carbocycles. The van der Waals surface area contributed by atoms with Crippen molar-refractivity contribution < 1.29 is 29.5 Å². The number of non-ortho nitro benzene ring substituents is 1. The molecule has 0 aliphatic heterocycles. The van der Waals surface area contributed by atoms with Gasteiger partial charge in [0, 0.05) is 31.3 Å². The van der Waals surface area contributed by atoms with Crippen LogP contribution in [0, 0.1) is 10.1 Å². The van der Waals surface area contributed by atoms with Crippen LogP contribution in [0.4, 0.5) is 11.6 Å². The van der Waals surface area contributed by atoms with E-state index in [1.807, 2.05) is 72.3 Å². The summed E-state index contributed by atoms with van der Waals surface area (Å²) in [5, 5.41) is 29.2. The number of carbonyl (C=O) groups is 2. The van der Waals surface area contributed by atoms with Crippen LogP contribution in [0.15, 0.2) is 85.1 Å². The molecule has 0 fully saturated rings. The highest BCUT2D eigenvalue weighted by molar-refractivity contribution is 6.27. The fraction of sp³-hybridized carbons (Fsp3) is 0.115. The number of imidazole rings is 1. The lowest BCUT2D eigenvalue weighted by atomic mass is 10.1. The average molecular weight is 504 g/mol. The smallest absolute Gasteiger partial charge is 0.414 e. The second-order valence-electron chi connectivity index (χ2n) is 7.72. The summed E-state index contributed by atoms with van der Waals surface area (Å²) in [5.74, 6) is -2.16. The van der Waals surface area contributed by atoms with Crippen molar-refractivity contribution in [3.8, 4) is 17.0 Å². The molecule has 4 aromatic rings. The molecule has 37 heavy (non-hydrogen) atoms. The van der Waals surface area contributed by atoms with Crippen LogP contribution in [0.2, 0.25) is 0 Å². The quantitative estimate of drug-likeness (QED) is 0.180. The number of nitrogens with zero attached hydrogens (tertiary/aromatic N) is 3. The number of carboxylic acids is 2. The maximum atomic E-state index is 11.0. The molecular weight excluding hydrogens is 480 g/mol. The molecule has 0 spiro atoms. The topological polar surface area (TPSA) is 157 Å². The standard InChI is InChI=1S/C24H22N4O3.C2H2O4/c1-27-23(20-10-6-11-21(14-20)28(29)30)16-26-24(27)25-15-19-9-5-12-22(13-19)31-17-18-7-3-2-4-8-18;3-1(4)2(5)6/h2-14,16H,15,17H2,1H3,(H,25,26);(H,3,4)(H,5,6). The van der Waals surface area contributed by atoms with Crippen molar-refractivity contribution in [1.82, 2.24) is 9.55 Å². The summed E-state index contributed by atoms with van der Waals surface area (Å²) in [6.45, 7) is 1.09. The number of hydrogen-bond donors (Lipinski definition) is 3. The molecule has 1 aromatic heterocycles. The minimum atomic E-state index is -1.82. The number of aromatic nitrogens is 2. The van der Waals surface area contributed by atoms with Gasteiger partial charge in [-0.05, 0) is 23.3 Å². The zero-order valence-electron chi connectivity index (χ0n) is 19.8. The van der Waals surface area contributed by atoms with Crippen LogP contribution in [-0.4, -0.2) is 36.6 Å². The van der Waals surface area contributed by atoms with Gasteiger partial charge < -0.3 is 24.8 Å². The van der Waals surface area contributed by atoms with Gasteiger partial charge in [-0.1, -0.05) is 54.6 Å². The SMILES string of the molecule is Cn1c(-c2cccc([N+](=O)[O-])c2)cnc1NCc1cccc(OCc2ccccc2)c1.O=C(O)C(=O)O. The summed E-state index contributed by atoms with van der Waals surface area (Å²) in [7, 11) is 1.88. The first-order chi connectivity index (χ1) is 17.7. The van der Waals surface area contributed by atoms with Crippen molar-refractivity contribution in [3.05, 3.63) is 106 Å². The van der Waals surface area contributed by atoms with Crippen LogP contribution in [0.1, 0.15) is 11.1 Å². The second-order valence-corrected chi connectivity index (χ2v) is 7.72. The van der Waals surface area contributed by atoms with Gasteiger partial charge in [-0.15, -0.1) is 0 Å². The first kappa shape index (κ1) is 26.4. The number of rotatable bonds is 8. The molecule has 0 radical (unpaired) electrons. The molecule has 4 rings (SSSR count). The van der Waals surface area contributed by atoms with Gasteiger partial charge in [-0.3, -0.25) is 10.1 Å². The molecule has 3 aromatic carbocycles. The third-order valence-electron chi connectivity index (χ3n) is 5.12. The zero-order valence-corrected chi connectivity index (χ0v) is 19.8. The maximum absolute atomic E-state index is 11.0. The molecule has 0 saturated heterocycles. The van der Waals surface area contributed by atoms with Gasteiger partial charge in [-0.25, -0.2) is 14.6 Å². The van der Waals surface area contributed by atoms with E-state index in [-0.39, 0.29) is 5.69 Å². The Balaban J connectivity index is 0.000000568. The molecule has 0 amide bonds. The summed E-state index contributed by atoms with van der Waals surface area (Å²) >= 11 is 0. The molecule has 0 saturated carbocycles. The van der Waals surface area contributed by atoms with Crippen molar-refractivity contribution in [2.45, 2.75) is 13.2 Å². The predicted octanol–water partition coefficient (Wildman–Crippen LogP) is 4.34. The first-order valence-electron chi connectivity index (χ1n) is 11.0. The van der Waals surface area contributed by atoms with Crippen molar-refractivity contribution in [3.63, 3.8) is 0 Å². The van der Waals surface area contributed by atoms with Crippen molar-refractivity contribution >= 4 is 23.6 Å². The maximum Gasteiger partial charge on any atom is 0.414 e. The largest absolute Gasteiger partial charge is 0.489 e. The van der Waals surface area contributed by atoms with Gasteiger partial charge in [0.2, 0.25) is 5.95 Å². The number of anilines is 1. The van der Waals surface area contributed by atoms with E-state index in [4.69, 9.17) is 24.5 Å². The van der Waals surface area contributed by atoms with E-state index in [0.29, 0.717) is 19.1 Å². The van der Waals surface area contributed by atoms with E-state index in [9.17, 15) is 10.1 Å². The van der Waals surface area contributed by atoms with E-state index < -0.39 is 16.9 Å².